The molecule has 4 unspecified atom stereocenters. The number of carbonyl (C=O) groups excluding carboxylic acids is 3. The molecule has 35 heavy (non-hydrogen) atoms. The van der Waals surface area contributed by atoms with E-state index >= 15 is 0 Å². The Morgan fingerprint density at radius 1 is 0.829 bits per heavy atom. The van der Waals surface area contributed by atoms with Gasteiger partial charge in [0.05, 0.1) is 23.6 Å². The van der Waals surface area contributed by atoms with E-state index in [1.165, 1.54) is 4.90 Å². The molecule has 5 nitrogen and oxygen atoms in total. The van der Waals surface area contributed by atoms with Gasteiger partial charge in [-0.15, -0.1) is 0 Å². The average Bonchev–Trinajstić information content (AvgIpc) is 3.32. The summed E-state index contributed by atoms with van der Waals surface area (Å²) in [5.74, 6) is -2.36. The minimum atomic E-state index is -0.828. The Hall–Kier alpha value is -3.41. The lowest BCUT2D eigenvalue weighted by atomic mass is 9.85. The number of fused-ring (bicyclic) bond motifs is 5. The van der Waals surface area contributed by atoms with Crippen molar-refractivity contribution in [1.82, 2.24) is 0 Å². The highest BCUT2D eigenvalue weighted by atomic mass is 35.5. The number of carbonyl (C=O) groups is 3. The first-order chi connectivity index (χ1) is 16.9. The van der Waals surface area contributed by atoms with Gasteiger partial charge in [-0.1, -0.05) is 59.6 Å². The number of ketones is 1. The van der Waals surface area contributed by atoms with Crippen molar-refractivity contribution in [1.29, 1.82) is 0 Å². The Kier molecular flexibility index (Phi) is 5.09. The Bertz CT molecular complexity index is 1420. The molecule has 0 aromatic heterocycles. The molecule has 3 aliphatic heterocycles. The van der Waals surface area contributed by atoms with Crippen LogP contribution in [0.3, 0.4) is 0 Å². The lowest BCUT2D eigenvalue weighted by Crippen LogP contribution is -2.49. The zero-order chi connectivity index (χ0) is 24.4. The van der Waals surface area contributed by atoms with Crippen LogP contribution in [-0.4, -0.2) is 29.7 Å². The predicted octanol–water partition coefficient (Wildman–Crippen LogP) is 5.66. The minimum Gasteiger partial charge on any atom is -0.352 e. The maximum absolute atomic E-state index is 14.0. The highest BCUT2D eigenvalue weighted by Crippen LogP contribution is 2.51. The standard InChI is InChI=1S/C28H20Cl2N2O3/c1-15-13-22-23-24(28(35)31(27(23)34)19-10-7-17(29)8-11-19)25(26(33)16-5-3-2-4-6-16)32(22)21-12-9-18(30)14-20(15)21/h2-14,22-25H,1H3. The zero-order valence-corrected chi connectivity index (χ0v) is 20.2. The molecule has 3 aliphatic rings. The fraction of sp³-hybridized carbons (Fsp3) is 0.179. The van der Waals surface area contributed by atoms with Gasteiger partial charge in [0, 0.05) is 26.9 Å². The minimum absolute atomic E-state index is 0.184. The van der Waals surface area contributed by atoms with Crippen LogP contribution in [0.5, 0.6) is 0 Å². The Morgan fingerprint density at radius 2 is 1.49 bits per heavy atom. The Labute approximate surface area is 212 Å². The fourth-order valence-electron chi connectivity index (χ4n) is 5.73. The number of rotatable bonds is 3. The van der Waals surface area contributed by atoms with Gasteiger partial charge in [-0.05, 0) is 55.0 Å². The van der Waals surface area contributed by atoms with Crippen LogP contribution in [-0.2, 0) is 9.59 Å². The number of hydrogen-bond donors (Lipinski definition) is 0. The molecule has 0 spiro atoms. The molecule has 3 aromatic rings. The van der Waals surface area contributed by atoms with Crippen molar-refractivity contribution >= 4 is 57.7 Å². The van der Waals surface area contributed by atoms with Crippen LogP contribution in [0.1, 0.15) is 22.8 Å². The van der Waals surface area contributed by atoms with Gasteiger partial charge in [-0.2, -0.15) is 0 Å². The van der Waals surface area contributed by atoms with Gasteiger partial charge in [0.2, 0.25) is 11.8 Å². The third kappa shape index (κ3) is 3.26. The summed E-state index contributed by atoms with van der Waals surface area (Å²) < 4.78 is 0. The van der Waals surface area contributed by atoms with Crippen LogP contribution in [0.4, 0.5) is 11.4 Å². The van der Waals surface area contributed by atoms with Gasteiger partial charge in [0.15, 0.2) is 5.78 Å². The summed E-state index contributed by atoms with van der Waals surface area (Å²) in [6, 6.07) is 19.8. The number of anilines is 2. The van der Waals surface area contributed by atoms with Gasteiger partial charge in [-0.25, -0.2) is 4.90 Å². The van der Waals surface area contributed by atoms with E-state index in [0.29, 0.717) is 21.3 Å². The van der Waals surface area contributed by atoms with E-state index in [1.54, 1.807) is 54.6 Å². The van der Waals surface area contributed by atoms with Crippen LogP contribution >= 0.6 is 23.2 Å². The third-order valence-corrected chi connectivity index (χ3v) is 7.71. The van der Waals surface area contributed by atoms with E-state index in [2.05, 4.69) is 0 Å². The maximum atomic E-state index is 14.0. The van der Waals surface area contributed by atoms with Gasteiger partial charge in [-0.3, -0.25) is 14.4 Å². The number of imide groups is 1. The van der Waals surface area contributed by atoms with Crippen molar-refractivity contribution in [3.05, 3.63) is 100 Å². The van der Waals surface area contributed by atoms with E-state index in [-0.39, 0.29) is 17.6 Å². The summed E-state index contributed by atoms with van der Waals surface area (Å²) in [7, 11) is 0. The highest BCUT2D eigenvalue weighted by Gasteiger charge is 2.64. The summed E-state index contributed by atoms with van der Waals surface area (Å²) in [6.45, 7) is 1.96. The normalized spacial score (nSPS) is 24.7. The molecule has 0 saturated carbocycles. The second-order valence-electron chi connectivity index (χ2n) is 9.12. The second kappa shape index (κ2) is 8.08. The van der Waals surface area contributed by atoms with Gasteiger partial charge < -0.3 is 4.90 Å². The van der Waals surface area contributed by atoms with Crippen molar-refractivity contribution in [3.63, 3.8) is 0 Å². The molecule has 0 bridgehead atoms. The van der Waals surface area contributed by atoms with E-state index in [1.807, 2.05) is 36.1 Å². The Balaban J connectivity index is 1.52. The van der Waals surface area contributed by atoms with Crippen molar-refractivity contribution in [2.45, 2.75) is 19.0 Å². The quantitative estimate of drug-likeness (QED) is 0.342. The number of nitrogens with zero attached hydrogens (tertiary/aromatic N) is 2. The molecule has 0 aliphatic carbocycles. The molecule has 0 radical (unpaired) electrons. The van der Waals surface area contributed by atoms with E-state index in [9.17, 15) is 14.4 Å². The Morgan fingerprint density at radius 3 is 2.20 bits per heavy atom. The zero-order valence-electron chi connectivity index (χ0n) is 18.7. The number of allylic oxidation sites excluding steroid dienone is 1. The molecule has 174 valence electrons. The predicted molar refractivity (Wildman–Crippen MR) is 137 cm³/mol. The summed E-state index contributed by atoms with van der Waals surface area (Å²) in [4.78, 5) is 44.8. The first-order valence-electron chi connectivity index (χ1n) is 11.4. The number of hydrogen-bond acceptors (Lipinski definition) is 4. The van der Waals surface area contributed by atoms with Crippen LogP contribution < -0.4 is 9.80 Å². The smallest absolute Gasteiger partial charge is 0.240 e. The SMILES string of the molecule is CC1=CC2C3C(=O)N(c4ccc(Cl)cc4)C(=O)C3C(C(=O)c3ccccc3)N2c2ccc(Cl)cc21. The second-order valence-corrected chi connectivity index (χ2v) is 10.00. The summed E-state index contributed by atoms with van der Waals surface area (Å²) in [5.41, 5.74) is 3.63. The first-order valence-corrected chi connectivity index (χ1v) is 12.1. The molecule has 2 saturated heterocycles. The number of Topliss-reactive ketones (excluding diaryl/α,β-unsaturated/α-hetero) is 1. The number of halogens is 2. The molecule has 7 heteroatoms. The largest absolute Gasteiger partial charge is 0.352 e. The lowest BCUT2D eigenvalue weighted by Gasteiger charge is -2.38. The van der Waals surface area contributed by atoms with Crippen LogP contribution in [0.2, 0.25) is 10.0 Å². The highest BCUT2D eigenvalue weighted by molar-refractivity contribution is 6.31. The van der Waals surface area contributed by atoms with E-state index in [4.69, 9.17) is 23.2 Å². The molecule has 0 N–H and O–H groups in total. The van der Waals surface area contributed by atoms with Crippen molar-refractivity contribution in [2.75, 3.05) is 9.80 Å². The molecule has 6 rings (SSSR count). The van der Waals surface area contributed by atoms with Gasteiger partial charge in [0.1, 0.15) is 6.04 Å². The van der Waals surface area contributed by atoms with Crippen LogP contribution in [0, 0.1) is 11.8 Å². The van der Waals surface area contributed by atoms with Crippen LogP contribution in [0.15, 0.2) is 78.9 Å². The molecule has 2 fully saturated rings. The van der Waals surface area contributed by atoms with Crippen molar-refractivity contribution < 1.29 is 14.4 Å². The molecular weight excluding hydrogens is 483 g/mol. The fourth-order valence-corrected chi connectivity index (χ4v) is 6.03. The molecular formula is C28H20Cl2N2O3. The van der Waals surface area contributed by atoms with Crippen molar-refractivity contribution in [3.8, 4) is 0 Å². The number of amides is 2. The van der Waals surface area contributed by atoms with Crippen LogP contribution in [0.25, 0.3) is 5.57 Å². The van der Waals surface area contributed by atoms with Gasteiger partial charge in [0.25, 0.3) is 0 Å². The van der Waals surface area contributed by atoms with E-state index < -0.39 is 23.9 Å². The van der Waals surface area contributed by atoms with E-state index in [0.717, 1.165) is 16.8 Å². The molecule has 3 aromatic carbocycles. The molecule has 3 heterocycles. The average molecular weight is 503 g/mol. The summed E-state index contributed by atoms with van der Waals surface area (Å²) in [5, 5.41) is 1.10. The molecule has 4 atom stereocenters. The monoisotopic (exact) mass is 502 g/mol. The third-order valence-electron chi connectivity index (χ3n) is 7.22. The first kappa shape index (κ1) is 22.1. The summed E-state index contributed by atoms with van der Waals surface area (Å²) >= 11 is 12.3. The van der Waals surface area contributed by atoms with Crippen molar-refractivity contribution in [2.24, 2.45) is 11.8 Å². The summed E-state index contributed by atoms with van der Waals surface area (Å²) in [6.07, 6.45) is 1.99. The number of benzene rings is 3. The molecule has 2 amide bonds. The maximum Gasteiger partial charge on any atom is 0.240 e. The lowest BCUT2D eigenvalue weighted by molar-refractivity contribution is -0.122. The topological polar surface area (TPSA) is 57.7 Å². The van der Waals surface area contributed by atoms with Gasteiger partial charge >= 0.3 is 0 Å².